The minimum absolute atomic E-state index is 0.0691. The van der Waals surface area contributed by atoms with Crippen molar-refractivity contribution in [1.29, 1.82) is 0 Å². The van der Waals surface area contributed by atoms with E-state index >= 15 is 0 Å². The first-order valence-corrected chi connectivity index (χ1v) is 7.43. The van der Waals surface area contributed by atoms with Crippen LogP contribution in [-0.4, -0.2) is 25.2 Å². The first kappa shape index (κ1) is 14.0. The van der Waals surface area contributed by atoms with E-state index in [0.29, 0.717) is 12.1 Å². The molecule has 98 valence electrons. The van der Waals surface area contributed by atoms with Gasteiger partial charge in [0.15, 0.2) is 0 Å². The minimum atomic E-state index is -0.140. The zero-order valence-electron chi connectivity index (χ0n) is 10.1. The molecule has 1 aliphatic carbocycles. The van der Waals surface area contributed by atoms with E-state index in [1.165, 1.54) is 6.42 Å². The largest absolute Gasteiger partial charge is 0.376 e. The summed E-state index contributed by atoms with van der Waals surface area (Å²) in [5.74, 6) is -0.0691. The summed E-state index contributed by atoms with van der Waals surface area (Å²) in [7, 11) is 1.71. The van der Waals surface area contributed by atoms with Gasteiger partial charge in [0.1, 0.15) is 0 Å². The molecule has 1 fully saturated rings. The van der Waals surface area contributed by atoms with Crippen molar-refractivity contribution in [1.82, 2.24) is 5.32 Å². The maximum Gasteiger partial charge on any atom is 0.251 e. The fourth-order valence-electron chi connectivity index (χ4n) is 2.05. The van der Waals surface area contributed by atoms with Gasteiger partial charge in [-0.3, -0.25) is 4.79 Å². The van der Waals surface area contributed by atoms with Crippen molar-refractivity contribution in [2.24, 2.45) is 0 Å². The van der Waals surface area contributed by atoms with Crippen molar-refractivity contribution in [2.45, 2.75) is 24.9 Å². The molecule has 2 rings (SSSR count). The van der Waals surface area contributed by atoms with Gasteiger partial charge in [-0.1, -0.05) is 31.9 Å². The first-order valence-electron chi connectivity index (χ1n) is 5.84. The van der Waals surface area contributed by atoms with E-state index in [0.717, 1.165) is 21.8 Å². The monoisotopic (exact) mass is 375 g/mol. The molecule has 0 unspecified atom stereocenters. The Morgan fingerprint density at radius 1 is 1.33 bits per heavy atom. The maximum absolute atomic E-state index is 12.0. The lowest BCUT2D eigenvalue weighted by Gasteiger charge is -2.40. The Morgan fingerprint density at radius 2 is 1.94 bits per heavy atom. The van der Waals surface area contributed by atoms with Crippen molar-refractivity contribution in [2.75, 3.05) is 13.7 Å². The summed E-state index contributed by atoms with van der Waals surface area (Å²) in [5, 5.41) is 2.94. The quantitative estimate of drug-likeness (QED) is 0.873. The first-order chi connectivity index (χ1) is 8.54. The topological polar surface area (TPSA) is 38.3 Å². The number of carbonyl (C=O) groups is 1. The van der Waals surface area contributed by atoms with Crippen molar-refractivity contribution in [3.63, 3.8) is 0 Å². The molecule has 0 spiro atoms. The molecular weight excluding hydrogens is 362 g/mol. The number of hydrogen-bond acceptors (Lipinski definition) is 2. The Bertz CT molecular complexity index is 433. The summed E-state index contributed by atoms with van der Waals surface area (Å²) in [6.45, 7) is 0.576. The summed E-state index contributed by atoms with van der Waals surface area (Å²) in [4.78, 5) is 12.0. The summed E-state index contributed by atoms with van der Waals surface area (Å²) < 4.78 is 7.24. The second kappa shape index (κ2) is 5.72. The van der Waals surface area contributed by atoms with Crippen LogP contribution in [0.5, 0.6) is 0 Å². The molecule has 1 aromatic carbocycles. The van der Waals surface area contributed by atoms with Gasteiger partial charge in [0.25, 0.3) is 5.91 Å². The van der Waals surface area contributed by atoms with Gasteiger partial charge in [0.05, 0.1) is 5.60 Å². The molecule has 0 atom stereocenters. The van der Waals surface area contributed by atoms with Crippen LogP contribution < -0.4 is 5.32 Å². The molecule has 1 amide bonds. The molecule has 0 radical (unpaired) electrons. The normalized spacial score (nSPS) is 17.1. The molecule has 1 aromatic rings. The Kier molecular flexibility index (Phi) is 4.45. The molecule has 3 nitrogen and oxygen atoms in total. The third-order valence-electron chi connectivity index (χ3n) is 3.39. The van der Waals surface area contributed by atoms with Crippen molar-refractivity contribution in [3.05, 3.63) is 32.7 Å². The van der Waals surface area contributed by atoms with Crippen LogP contribution in [0.2, 0.25) is 0 Å². The molecule has 5 heteroatoms. The number of methoxy groups -OCH3 is 1. The third-order valence-corrected chi connectivity index (χ3v) is 4.31. The number of rotatable bonds is 4. The molecule has 1 N–H and O–H groups in total. The molecular formula is C13H15Br2NO2. The lowest BCUT2D eigenvalue weighted by Crippen LogP contribution is -2.49. The van der Waals surface area contributed by atoms with Gasteiger partial charge < -0.3 is 10.1 Å². The zero-order chi connectivity index (χ0) is 13.2. The van der Waals surface area contributed by atoms with Crippen molar-refractivity contribution >= 4 is 37.8 Å². The van der Waals surface area contributed by atoms with Crippen LogP contribution in [0, 0.1) is 0 Å². The Balaban J connectivity index is 1.99. The standard InChI is InChI=1S/C13H15Br2NO2/c1-18-13(3-2-4-13)8-16-12(17)9-5-10(14)7-11(15)6-9/h5-7H,2-4,8H2,1H3,(H,16,17). The average Bonchev–Trinajstić information content (AvgIpc) is 2.26. The van der Waals surface area contributed by atoms with E-state index < -0.39 is 0 Å². The predicted octanol–water partition coefficient (Wildman–Crippen LogP) is 3.51. The number of ether oxygens (including phenoxy) is 1. The number of benzene rings is 1. The highest BCUT2D eigenvalue weighted by Crippen LogP contribution is 2.34. The number of nitrogens with one attached hydrogen (secondary N) is 1. The van der Waals surface area contributed by atoms with Crippen LogP contribution in [0.1, 0.15) is 29.6 Å². The fraction of sp³-hybridized carbons (Fsp3) is 0.462. The summed E-state index contributed by atoms with van der Waals surface area (Å²) in [6, 6.07) is 5.51. The van der Waals surface area contributed by atoms with Gasteiger partial charge in [0, 0.05) is 28.2 Å². The SMILES string of the molecule is COC1(CNC(=O)c2cc(Br)cc(Br)c2)CCC1. The smallest absolute Gasteiger partial charge is 0.251 e. The number of hydrogen-bond donors (Lipinski definition) is 1. The van der Waals surface area contributed by atoms with E-state index in [9.17, 15) is 4.79 Å². The van der Waals surface area contributed by atoms with Crippen LogP contribution >= 0.6 is 31.9 Å². The van der Waals surface area contributed by atoms with Gasteiger partial charge in [-0.2, -0.15) is 0 Å². The van der Waals surface area contributed by atoms with Gasteiger partial charge >= 0.3 is 0 Å². The van der Waals surface area contributed by atoms with E-state index in [1.807, 2.05) is 6.07 Å². The van der Waals surface area contributed by atoms with Crippen LogP contribution in [0.3, 0.4) is 0 Å². The maximum atomic E-state index is 12.0. The molecule has 1 saturated carbocycles. The minimum Gasteiger partial charge on any atom is -0.376 e. The Labute approximate surface area is 124 Å². The van der Waals surface area contributed by atoms with E-state index in [-0.39, 0.29) is 11.5 Å². The molecule has 0 aromatic heterocycles. The molecule has 0 heterocycles. The third kappa shape index (κ3) is 3.13. The van der Waals surface area contributed by atoms with Crippen molar-refractivity contribution < 1.29 is 9.53 Å². The van der Waals surface area contributed by atoms with E-state index in [1.54, 1.807) is 19.2 Å². The van der Waals surface area contributed by atoms with Crippen LogP contribution in [0.4, 0.5) is 0 Å². The summed E-state index contributed by atoms with van der Waals surface area (Å²) >= 11 is 6.75. The van der Waals surface area contributed by atoms with E-state index in [2.05, 4.69) is 37.2 Å². The second-order valence-corrected chi connectivity index (χ2v) is 6.41. The highest BCUT2D eigenvalue weighted by molar-refractivity contribution is 9.11. The second-order valence-electron chi connectivity index (χ2n) is 4.58. The van der Waals surface area contributed by atoms with E-state index in [4.69, 9.17) is 4.74 Å². The van der Waals surface area contributed by atoms with Gasteiger partial charge in [-0.05, 0) is 37.5 Å². The lowest BCUT2D eigenvalue weighted by molar-refractivity contribution is -0.0679. The zero-order valence-corrected chi connectivity index (χ0v) is 13.3. The molecule has 0 aliphatic heterocycles. The van der Waals surface area contributed by atoms with Gasteiger partial charge in [-0.25, -0.2) is 0 Å². The number of amides is 1. The van der Waals surface area contributed by atoms with Crippen molar-refractivity contribution in [3.8, 4) is 0 Å². The Morgan fingerprint density at radius 3 is 2.39 bits per heavy atom. The predicted molar refractivity (Wildman–Crippen MR) is 77.8 cm³/mol. The highest BCUT2D eigenvalue weighted by Gasteiger charge is 2.37. The molecule has 0 bridgehead atoms. The molecule has 0 saturated heterocycles. The summed E-state index contributed by atoms with van der Waals surface area (Å²) in [5.41, 5.74) is 0.501. The average molecular weight is 377 g/mol. The Hall–Kier alpha value is -0.390. The van der Waals surface area contributed by atoms with Crippen LogP contribution in [0.15, 0.2) is 27.1 Å². The fourth-order valence-corrected chi connectivity index (χ4v) is 3.35. The molecule has 18 heavy (non-hydrogen) atoms. The van der Waals surface area contributed by atoms with Crippen LogP contribution in [-0.2, 0) is 4.74 Å². The van der Waals surface area contributed by atoms with Crippen LogP contribution in [0.25, 0.3) is 0 Å². The number of halogens is 2. The number of carbonyl (C=O) groups excluding carboxylic acids is 1. The highest BCUT2D eigenvalue weighted by atomic mass is 79.9. The summed E-state index contributed by atoms with van der Waals surface area (Å²) in [6.07, 6.45) is 3.21. The molecule has 1 aliphatic rings. The van der Waals surface area contributed by atoms with Gasteiger partial charge in [-0.15, -0.1) is 0 Å². The lowest BCUT2D eigenvalue weighted by atomic mass is 9.80. The van der Waals surface area contributed by atoms with Gasteiger partial charge in [0.2, 0.25) is 0 Å².